The Morgan fingerprint density at radius 1 is 0.808 bits per heavy atom. The van der Waals surface area contributed by atoms with Crippen molar-refractivity contribution < 1.29 is 4.79 Å². The van der Waals surface area contributed by atoms with Gasteiger partial charge in [-0.15, -0.1) is 0 Å². The minimum Gasteiger partial charge on any atom is -0.311 e. The molecule has 4 heteroatoms. The number of carbonyl (C=O) groups is 1. The number of hydrogen-bond donors (Lipinski definition) is 0. The number of anilines is 1. The van der Waals surface area contributed by atoms with Crippen molar-refractivity contribution in [2.75, 3.05) is 44.2 Å². The van der Waals surface area contributed by atoms with Gasteiger partial charge in [0.25, 0.3) is 0 Å². The standard InChI is InChI=1S/C22H27N3O/c26-22-21(12-14-25(22)20-9-5-2-6-10-20)24-17-15-23(16-18-24)13-11-19-7-3-1-4-8-19/h1-10,21H,11-18H2. The average molecular weight is 349 g/mol. The number of carbonyl (C=O) groups excluding carboxylic acids is 1. The van der Waals surface area contributed by atoms with Crippen molar-refractivity contribution in [1.29, 1.82) is 0 Å². The molecule has 136 valence electrons. The summed E-state index contributed by atoms with van der Waals surface area (Å²) in [7, 11) is 0. The lowest BCUT2D eigenvalue weighted by atomic mass is 10.1. The van der Waals surface area contributed by atoms with Crippen LogP contribution in [0.15, 0.2) is 60.7 Å². The van der Waals surface area contributed by atoms with Crippen LogP contribution in [0.25, 0.3) is 0 Å². The van der Waals surface area contributed by atoms with Gasteiger partial charge in [-0.3, -0.25) is 9.69 Å². The van der Waals surface area contributed by atoms with Crippen molar-refractivity contribution in [2.45, 2.75) is 18.9 Å². The Hall–Kier alpha value is -2.17. The molecule has 0 spiro atoms. The summed E-state index contributed by atoms with van der Waals surface area (Å²) in [6.45, 7) is 6.04. The summed E-state index contributed by atoms with van der Waals surface area (Å²) in [6, 6.07) is 20.8. The minimum absolute atomic E-state index is 0.0616. The van der Waals surface area contributed by atoms with Gasteiger partial charge in [0.05, 0.1) is 6.04 Å². The molecule has 0 saturated carbocycles. The van der Waals surface area contributed by atoms with Crippen LogP contribution in [0, 0.1) is 0 Å². The van der Waals surface area contributed by atoms with Crippen LogP contribution in [-0.2, 0) is 11.2 Å². The highest BCUT2D eigenvalue weighted by atomic mass is 16.2. The van der Waals surface area contributed by atoms with E-state index in [4.69, 9.17) is 0 Å². The molecule has 0 N–H and O–H groups in total. The van der Waals surface area contributed by atoms with Crippen LogP contribution >= 0.6 is 0 Å². The largest absolute Gasteiger partial charge is 0.311 e. The molecule has 2 aromatic rings. The third-order valence-corrected chi connectivity index (χ3v) is 5.65. The van der Waals surface area contributed by atoms with Crippen LogP contribution in [0.1, 0.15) is 12.0 Å². The molecule has 2 saturated heterocycles. The Morgan fingerprint density at radius 2 is 1.46 bits per heavy atom. The first-order chi connectivity index (χ1) is 12.8. The van der Waals surface area contributed by atoms with Crippen molar-refractivity contribution in [3.05, 3.63) is 66.2 Å². The van der Waals surface area contributed by atoms with Crippen LogP contribution < -0.4 is 4.90 Å². The van der Waals surface area contributed by atoms with Gasteiger partial charge >= 0.3 is 0 Å². The van der Waals surface area contributed by atoms with E-state index >= 15 is 0 Å². The summed E-state index contributed by atoms with van der Waals surface area (Å²) in [4.78, 5) is 19.7. The second kappa shape index (κ2) is 8.02. The third-order valence-electron chi connectivity index (χ3n) is 5.65. The van der Waals surface area contributed by atoms with Gasteiger partial charge in [-0.1, -0.05) is 48.5 Å². The van der Waals surface area contributed by atoms with Gasteiger partial charge in [0.2, 0.25) is 5.91 Å². The van der Waals surface area contributed by atoms with Gasteiger partial charge in [-0.25, -0.2) is 0 Å². The van der Waals surface area contributed by atoms with E-state index in [0.29, 0.717) is 0 Å². The van der Waals surface area contributed by atoms with Crippen molar-refractivity contribution in [3.8, 4) is 0 Å². The number of nitrogens with zero attached hydrogens (tertiary/aromatic N) is 3. The maximum Gasteiger partial charge on any atom is 0.244 e. The highest BCUT2D eigenvalue weighted by Gasteiger charge is 2.37. The fourth-order valence-electron chi connectivity index (χ4n) is 4.10. The molecule has 2 aliphatic rings. The summed E-state index contributed by atoms with van der Waals surface area (Å²) in [5.74, 6) is 0.272. The fraction of sp³-hybridized carbons (Fsp3) is 0.409. The van der Waals surface area contributed by atoms with E-state index in [2.05, 4.69) is 40.1 Å². The van der Waals surface area contributed by atoms with E-state index in [1.165, 1.54) is 5.56 Å². The lowest BCUT2D eigenvalue weighted by Gasteiger charge is -2.37. The molecule has 0 radical (unpaired) electrons. The van der Waals surface area contributed by atoms with Gasteiger partial charge in [-0.05, 0) is 30.5 Å². The van der Waals surface area contributed by atoms with Crippen LogP contribution in [-0.4, -0.2) is 61.0 Å². The lowest BCUT2D eigenvalue weighted by Crippen LogP contribution is -2.52. The molecule has 0 aromatic heterocycles. The molecule has 2 aliphatic heterocycles. The quantitative estimate of drug-likeness (QED) is 0.830. The maximum absolute atomic E-state index is 12.9. The van der Waals surface area contributed by atoms with Gasteiger partial charge in [0.15, 0.2) is 0 Å². The first-order valence-corrected chi connectivity index (χ1v) is 9.68. The summed E-state index contributed by atoms with van der Waals surface area (Å²) in [5.41, 5.74) is 2.43. The zero-order valence-electron chi connectivity index (χ0n) is 15.3. The summed E-state index contributed by atoms with van der Waals surface area (Å²) in [6.07, 6.45) is 2.04. The topological polar surface area (TPSA) is 26.8 Å². The smallest absolute Gasteiger partial charge is 0.244 e. The van der Waals surface area contributed by atoms with Crippen molar-refractivity contribution in [3.63, 3.8) is 0 Å². The van der Waals surface area contributed by atoms with E-state index < -0.39 is 0 Å². The van der Waals surface area contributed by atoms with Crippen molar-refractivity contribution in [2.24, 2.45) is 0 Å². The highest BCUT2D eigenvalue weighted by Crippen LogP contribution is 2.24. The summed E-state index contributed by atoms with van der Waals surface area (Å²) >= 11 is 0. The molecule has 0 bridgehead atoms. The Balaban J connectivity index is 1.28. The number of piperazine rings is 1. The Labute approximate surface area is 156 Å². The van der Waals surface area contributed by atoms with E-state index in [9.17, 15) is 4.79 Å². The van der Waals surface area contributed by atoms with E-state index in [1.807, 2.05) is 35.2 Å². The molecule has 0 aliphatic carbocycles. The van der Waals surface area contributed by atoms with E-state index in [-0.39, 0.29) is 11.9 Å². The van der Waals surface area contributed by atoms with Gasteiger partial charge in [0, 0.05) is 45.0 Å². The molecule has 1 unspecified atom stereocenters. The molecule has 26 heavy (non-hydrogen) atoms. The molecule has 2 fully saturated rings. The Bertz CT molecular complexity index is 711. The second-order valence-corrected chi connectivity index (χ2v) is 7.24. The van der Waals surface area contributed by atoms with Gasteiger partial charge < -0.3 is 9.80 Å². The van der Waals surface area contributed by atoms with Crippen molar-refractivity contribution in [1.82, 2.24) is 9.80 Å². The first-order valence-electron chi connectivity index (χ1n) is 9.68. The minimum atomic E-state index is 0.0616. The molecule has 4 nitrogen and oxygen atoms in total. The molecule has 4 rings (SSSR count). The average Bonchev–Trinajstić information content (AvgIpc) is 3.10. The molecule has 2 heterocycles. The Morgan fingerprint density at radius 3 is 2.15 bits per heavy atom. The first kappa shape index (κ1) is 17.3. The lowest BCUT2D eigenvalue weighted by molar-refractivity contribution is -0.122. The molecule has 1 atom stereocenters. The second-order valence-electron chi connectivity index (χ2n) is 7.24. The van der Waals surface area contributed by atoms with Crippen LogP contribution in [0.2, 0.25) is 0 Å². The molecular weight excluding hydrogens is 322 g/mol. The van der Waals surface area contributed by atoms with Crippen LogP contribution in [0.3, 0.4) is 0 Å². The fourth-order valence-corrected chi connectivity index (χ4v) is 4.10. The number of amides is 1. The monoisotopic (exact) mass is 349 g/mol. The highest BCUT2D eigenvalue weighted by molar-refractivity contribution is 5.99. The SMILES string of the molecule is O=C1C(N2CCN(CCc3ccccc3)CC2)CCN1c1ccccc1. The van der Waals surface area contributed by atoms with Gasteiger partial charge in [0.1, 0.15) is 0 Å². The van der Waals surface area contributed by atoms with Crippen LogP contribution in [0.4, 0.5) is 5.69 Å². The Kier molecular flexibility index (Phi) is 5.32. The zero-order valence-corrected chi connectivity index (χ0v) is 15.3. The normalized spacial score (nSPS) is 22.1. The van der Waals surface area contributed by atoms with Crippen molar-refractivity contribution >= 4 is 11.6 Å². The maximum atomic E-state index is 12.9. The van der Waals surface area contributed by atoms with Crippen LogP contribution in [0.5, 0.6) is 0 Å². The number of hydrogen-bond acceptors (Lipinski definition) is 3. The van der Waals surface area contributed by atoms with E-state index in [1.54, 1.807) is 0 Å². The number of para-hydroxylation sites is 1. The summed E-state index contributed by atoms with van der Waals surface area (Å²) in [5, 5.41) is 0. The van der Waals surface area contributed by atoms with Gasteiger partial charge in [-0.2, -0.15) is 0 Å². The predicted molar refractivity (Wildman–Crippen MR) is 105 cm³/mol. The van der Waals surface area contributed by atoms with E-state index in [0.717, 1.165) is 57.8 Å². The number of rotatable bonds is 5. The summed E-state index contributed by atoms with van der Waals surface area (Å²) < 4.78 is 0. The molecule has 2 aromatic carbocycles. The third kappa shape index (κ3) is 3.81. The predicted octanol–water partition coefficient (Wildman–Crippen LogP) is 2.65. The molecule has 1 amide bonds. The zero-order chi connectivity index (χ0) is 17.8. The number of benzene rings is 2. The molecular formula is C22H27N3O.